The number of rotatable bonds is 3. The van der Waals surface area contributed by atoms with E-state index in [1.807, 2.05) is 18.2 Å². The van der Waals surface area contributed by atoms with Crippen molar-refractivity contribution in [3.63, 3.8) is 0 Å². The zero-order chi connectivity index (χ0) is 13.1. The zero-order valence-electron chi connectivity index (χ0n) is 9.90. The highest BCUT2D eigenvalue weighted by atomic mass is 79.9. The first kappa shape index (κ1) is 13.8. The Balaban J connectivity index is 2.00. The molecule has 1 aromatic carbocycles. The molecule has 1 saturated heterocycles. The summed E-state index contributed by atoms with van der Waals surface area (Å²) in [7, 11) is 0. The van der Waals surface area contributed by atoms with Crippen molar-refractivity contribution in [1.29, 1.82) is 0 Å². The largest absolute Gasteiger partial charge is 0.481 e. The van der Waals surface area contributed by atoms with Gasteiger partial charge in [-0.25, -0.2) is 0 Å². The first-order valence-electron chi connectivity index (χ1n) is 5.95. The van der Waals surface area contributed by atoms with E-state index >= 15 is 0 Å². The van der Waals surface area contributed by atoms with Gasteiger partial charge in [0.25, 0.3) is 0 Å². The van der Waals surface area contributed by atoms with Crippen LogP contribution in [0, 0.1) is 5.92 Å². The Hall–Kier alpha value is -0.580. The van der Waals surface area contributed by atoms with E-state index in [1.54, 1.807) is 0 Å². The molecule has 1 unspecified atom stereocenters. The highest BCUT2D eigenvalue weighted by Gasteiger charge is 2.25. The van der Waals surface area contributed by atoms with Crippen molar-refractivity contribution < 1.29 is 9.90 Å². The summed E-state index contributed by atoms with van der Waals surface area (Å²) in [6.07, 6.45) is 1.74. The Labute approximate surface area is 120 Å². The van der Waals surface area contributed by atoms with Gasteiger partial charge >= 0.3 is 5.97 Å². The van der Waals surface area contributed by atoms with Gasteiger partial charge in [0.05, 0.1) is 10.9 Å². The molecule has 1 aliphatic heterocycles. The van der Waals surface area contributed by atoms with Crippen LogP contribution in [0.2, 0.25) is 5.02 Å². The maximum atomic E-state index is 11.0. The van der Waals surface area contributed by atoms with Crippen molar-refractivity contribution in [2.24, 2.45) is 5.92 Å². The molecule has 1 aromatic rings. The van der Waals surface area contributed by atoms with E-state index in [1.165, 1.54) is 0 Å². The second-order valence-corrected chi connectivity index (χ2v) is 5.92. The Kier molecular flexibility index (Phi) is 4.65. The maximum Gasteiger partial charge on any atom is 0.307 e. The van der Waals surface area contributed by atoms with E-state index in [0.29, 0.717) is 11.6 Å². The number of nitrogens with zero attached hydrogens (tertiary/aromatic N) is 1. The summed E-state index contributed by atoms with van der Waals surface area (Å²) in [5.74, 6) is -0.911. The molecule has 0 aliphatic carbocycles. The quantitative estimate of drug-likeness (QED) is 0.922. The molecular weight excluding hydrogens is 318 g/mol. The van der Waals surface area contributed by atoms with Crippen molar-refractivity contribution >= 4 is 33.5 Å². The fourth-order valence-corrected chi connectivity index (χ4v) is 2.84. The van der Waals surface area contributed by atoms with Crippen LogP contribution < -0.4 is 0 Å². The topological polar surface area (TPSA) is 40.5 Å². The van der Waals surface area contributed by atoms with Gasteiger partial charge in [-0.2, -0.15) is 0 Å². The van der Waals surface area contributed by atoms with Gasteiger partial charge in [0.2, 0.25) is 0 Å². The third-order valence-electron chi connectivity index (χ3n) is 3.24. The summed E-state index contributed by atoms with van der Waals surface area (Å²) in [5, 5.41) is 9.75. The summed E-state index contributed by atoms with van der Waals surface area (Å²) in [5.41, 5.74) is 1.15. The van der Waals surface area contributed by atoms with E-state index in [2.05, 4.69) is 20.8 Å². The number of carboxylic acid groups (broad SMARTS) is 1. The van der Waals surface area contributed by atoms with Crippen LogP contribution in [0.25, 0.3) is 0 Å². The fraction of sp³-hybridized carbons (Fsp3) is 0.462. The number of likely N-dealkylation sites (tertiary alicyclic amines) is 1. The van der Waals surface area contributed by atoms with Gasteiger partial charge in [-0.3, -0.25) is 9.69 Å². The number of hydrogen-bond donors (Lipinski definition) is 1. The van der Waals surface area contributed by atoms with Crippen molar-refractivity contribution in [1.82, 2.24) is 4.90 Å². The summed E-state index contributed by atoms with van der Waals surface area (Å²) in [6, 6.07) is 5.84. The number of carboxylic acids is 1. The molecule has 98 valence electrons. The highest BCUT2D eigenvalue weighted by molar-refractivity contribution is 9.10. The average Bonchev–Trinajstić information content (AvgIpc) is 2.34. The molecule has 0 spiro atoms. The fourth-order valence-electron chi connectivity index (χ4n) is 2.30. The van der Waals surface area contributed by atoms with Crippen molar-refractivity contribution in [2.45, 2.75) is 19.4 Å². The van der Waals surface area contributed by atoms with Crippen LogP contribution in [-0.4, -0.2) is 29.1 Å². The maximum absolute atomic E-state index is 11.0. The molecule has 5 heteroatoms. The smallest absolute Gasteiger partial charge is 0.307 e. The molecule has 1 N–H and O–H groups in total. The summed E-state index contributed by atoms with van der Waals surface area (Å²) in [4.78, 5) is 13.2. The predicted molar refractivity (Wildman–Crippen MR) is 74.8 cm³/mol. The lowest BCUT2D eigenvalue weighted by Gasteiger charge is -2.30. The number of carbonyl (C=O) groups is 1. The summed E-state index contributed by atoms with van der Waals surface area (Å²) < 4.78 is 0.883. The van der Waals surface area contributed by atoms with Gasteiger partial charge in [-0.15, -0.1) is 0 Å². The number of aliphatic carboxylic acids is 1. The van der Waals surface area contributed by atoms with Gasteiger partial charge in [0.15, 0.2) is 0 Å². The van der Waals surface area contributed by atoms with Gasteiger partial charge in [0.1, 0.15) is 0 Å². The SMILES string of the molecule is O=C(O)C1CCCN(Cc2ccc(Cl)c(Br)c2)C1. The summed E-state index contributed by atoms with van der Waals surface area (Å²) in [6.45, 7) is 2.37. The van der Waals surface area contributed by atoms with Crippen LogP contribution in [0.4, 0.5) is 0 Å². The minimum Gasteiger partial charge on any atom is -0.481 e. The molecule has 0 radical (unpaired) electrons. The van der Waals surface area contributed by atoms with E-state index in [4.69, 9.17) is 16.7 Å². The zero-order valence-corrected chi connectivity index (χ0v) is 12.2. The second kappa shape index (κ2) is 6.04. The first-order valence-corrected chi connectivity index (χ1v) is 7.12. The third-order valence-corrected chi connectivity index (χ3v) is 4.46. The Morgan fingerprint density at radius 1 is 1.56 bits per heavy atom. The molecule has 2 rings (SSSR count). The number of piperidine rings is 1. The van der Waals surface area contributed by atoms with E-state index < -0.39 is 5.97 Å². The van der Waals surface area contributed by atoms with Crippen LogP contribution in [0.3, 0.4) is 0 Å². The molecule has 1 fully saturated rings. The predicted octanol–water partition coefficient (Wildman–Crippen LogP) is 3.40. The molecule has 0 saturated carbocycles. The second-order valence-electron chi connectivity index (χ2n) is 4.66. The molecule has 0 amide bonds. The lowest BCUT2D eigenvalue weighted by atomic mass is 9.98. The highest BCUT2D eigenvalue weighted by Crippen LogP contribution is 2.25. The standard InChI is InChI=1S/C13H15BrClNO2/c14-11-6-9(3-4-12(11)15)7-16-5-1-2-10(8-16)13(17)18/h3-4,6,10H,1-2,5,7-8H2,(H,17,18). The molecule has 1 heterocycles. The Morgan fingerprint density at radius 2 is 2.33 bits per heavy atom. The lowest BCUT2D eigenvalue weighted by molar-refractivity contribution is -0.143. The van der Waals surface area contributed by atoms with Crippen LogP contribution in [0.1, 0.15) is 18.4 Å². The molecule has 0 aromatic heterocycles. The number of benzene rings is 1. The van der Waals surface area contributed by atoms with Gasteiger partial charge in [-0.1, -0.05) is 17.7 Å². The third kappa shape index (κ3) is 3.46. The molecule has 1 atom stereocenters. The first-order chi connectivity index (χ1) is 8.56. The van der Waals surface area contributed by atoms with Gasteiger partial charge in [0, 0.05) is 17.6 Å². The van der Waals surface area contributed by atoms with Crippen molar-refractivity contribution in [3.8, 4) is 0 Å². The molecular formula is C13H15BrClNO2. The lowest BCUT2D eigenvalue weighted by Crippen LogP contribution is -2.38. The van der Waals surface area contributed by atoms with Gasteiger partial charge in [-0.05, 0) is 53.0 Å². The molecule has 18 heavy (non-hydrogen) atoms. The molecule has 1 aliphatic rings. The molecule has 3 nitrogen and oxygen atoms in total. The van der Waals surface area contributed by atoms with Gasteiger partial charge < -0.3 is 5.11 Å². The summed E-state index contributed by atoms with van der Waals surface area (Å²) >= 11 is 9.35. The van der Waals surface area contributed by atoms with Crippen molar-refractivity contribution in [3.05, 3.63) is 33.3 Å². The number of halogens is 2. The minimum atomic E-state index is -0.683. The van der Waals surface area contributed by atoms with E-state index in [-0.39, 0.29) is 5.92 Å². The van der Waals surface area contributed by atoms with Crippen LogP contribution in [-0.2, 0) is 11.3 Å². The average molecular weight is 333 g/mol. The Bertz CT molecular complexity index is 453. The minimum absolute atomic E-state index is 0.227. The number of hydrogen-bond acceptors (Lipinski definition) is 2. The van der Waals surface area contributed by atoms with E-state index in [9.17, 15) is 4.79 Å². The Morgan fingerprint density at radius 3 is 3.00 bits per heavy atom. The van der Waals surface area contributed by atoms with Crippen LogP contribution in [0.15, 0.2) is 22.7 Å². The van der Waals surface area contributed by atoms with Crippen LogP contribution >= 0.6 is 27.5 Å². The molecule has 0 bridgehead atoms. The van der Waals surface area contributed by atoms with Crippen LogP contribution in [0.5, 0.6) is 0 Å². The van der Waals surface area contributed by atoms with Crippen molar-refractivity contribution in [2.75, 3.05) is 13.1 Å². The van der Waals surface area contributed by atoms with E-state index in [0.717, 1.165) is 36.0 Å². The monoisotopic (exact) mass is 331 g/mol. The normalized spacial score (nSPS) is 20.9.